The fourth-order valence-corrected chi connectivity index (χ4v) is 5.48. The molecule has 6 nitrogen and oxygen atoms in total. The molecule has 0 radical (unpaired) electrons. The van der Waals surface area contributed by atoms with Gasteiger partial charge in [0.15, 0.2) is 0 Å². The van der Waals surface area contributed by atoms with Gasteiger partial charge in [0.1, 0.15) is 0 Å². The van der Waals surface area contributed by atoms with Crippen LogP contribution in [0.1, 0.15) is 44.9 Å². The van der Waals surface area contributed by atoms with Gasteiger partial charge in [-0.2, -0.15) is 0 Å². The van der Waals surface area contributed by atoms with Crippen LogP contribution in [0.25, 0.3) is 0 Å². The van der Waals surface area contributed by atoms with E-state index < -0.39 is 26.9 Å². The molecule has 0 aliphatic heterocycles. The zero-order chi connectivity index (χ0) is 15.3. The number of hydrogen-bond donors (Lipinski definition) is 1. The molecular formula is C14H21O6S-. The lowest BCUT2D eigenvalue weighted by Crippen LogP contribution is -2.58. The summed E-state index contributed by atoms with van der Waals surface area (Å²) in [7, 11) is -4.26. The van der Waals surface area contributed by atoms with Crippen LogP contribution in [-0.4, -0.2) is 42.0 Å². The molecule has 2 unspecified atom stereocenters. The van der Waals surface area contributed by atoms with Crippen LogP contribution in [-0.2, 0) is 19.6 Å². The Hall–Kier alpha value is -0.660. The molecule has 1 N–H and O–H groups in total. The maximum Gasteiger partial charge on any atom is 0.312 e. The lowest BCUT2D eigenvalue weighted by molar-refractivity contribution is -0.196. The summed E-state index contributed by atoms with van der Waals surface area (Å²) in [6.07, 6.45) is 4.69. The molecule has 7 heteroatoms. The van der Waals surface area contributed by atoms with Crippen LogP contribution >= 0.6 is 0 Å². The standard InChI is InChI=1S/C14H22O6S/c15-12(20-2-1-3-21(17,18)19)13-5-10-4-11(6-13)8-14(16,7-10)9-13/h10-11,16H,1-9H2,(H,17,18,19)/p-1. The summed E-state index contributed by atoms with van der Waals surface area (Å²) in [5.41, 5.74) is -1.31. The van der Waals surface area contributed by atoms with Gasteiger partial charge in [0.25, 0.3) is 0 Å². The molecule has 21 heavy (non-hydrogen) atoms. The van der Waals surface area contributed by atoms with Gasteiger partial charge in [-0.25, -0.2) is 8.42 Å². The van der Waals surface area contributed by atoms with Crippen molar-refractivity contribution in [1.29, 1.82) is 0 Å². The Bertz CT molecular complexity index is 526. The Morgan fingerprint density at radius 1 is 1.24 bits per heavy atom. The summed E-state index contributed by atoms with van der Waals surface area (Å²) < 4.78 is 36.7. The lowest BCUT2D eigenvalue weighted by atomic mass is 9.48. The highest BCUT2D eigenvalue weighted by Gasteiger charge is 2.60. The minimum Gasteiger partial charge on any atom is -0.748 e. The zero-order valence-electron chi connectivity index (χ0n) is 11.9. The molecule has 4 fully saturated rings. The molecule has 4 rings (SSSR count). The highest BCUT2D eigenvalue weighted by atomic mass is 32.2. The zero-order valence-corrected chi connectivity index (χ0v) is 12.7. The van der Waals surface area contributed by atoms with E-state index in [4.69, 9.17) is 4.74 Å². The van der Waals surface area contributed by atoms with Crippen molar-refractivity contribution in [2.45, 2.75) is 50.5 Å². The van der Waals surface area contributed by atoms with Crippen LogP contribution < -0.4 is 0 Å². The van der Waals surface area contributed by atoms with E-state index in [1.54, 1.807) is 0 Å². The van der Waals surface area contributed by atoms with Gasteiger partial charge >= 0.3 is 5.97 Å². The predicted octanol–water partition coefficient (Wildman–Crippen LogP) is 0.796. The van der Waals surface area contributed by atoms with Gasteiger partial charge in [-0.05, 0) is 56.8 Å². The number of rotatable bonds is 5. The van der Waals surface area contributed by atoms with Crippen LogP contribution in [0.3, 0.4) is 0 Å². The highest BCUT2D eigenvalue weighted by Crippen LogP contribution is 2.61. The van der Waals surface area contributed by atoms with Crippen molar-refractivity contribution < 1.29 is 27.6 Å². The molecule has 2 atom stereocenters. The van der Waals surface area contributed by atoms with Gasteiger partial charge in [-0.3, -0.25) is 4.79 Å². The van der Waals surface area contributed by atoms with E-state index in [1.165, 1.54) is 0 Å². The van der Waals surface area contributed by atoms with Crippen LogP contribution in [0.5, 0.6) is 0 Å². The fourth-order valence-electron chi connectivity index (χ4n) is 5.01. The molecule has 4 aliphatic rings. The van der Waals surface area contributed by atoms with Gasteiger partial charge in [-0.1, -0.05) is 0 Å². The number of carbonyl (C=O) groups is 1. The molecule has 0 aromatic carbocycles. The lowest BCUT2D eigenvalue weighted by Gasteiger charge is -2.58. The second-order valence-electron chi connectivity index (χ2n) is 7.22. The second kappa shape index (κ2) is 4.93. The SMILES string of the molecule is O=C(OCCCS(=O)(=O)[O-])C12CC3CC(CC(O)(C3)C1)C2. The largest absolute Gasteiger partial charge is 0.748 e. The Morgan fingerprint density at radius 3 is 2.38 bits per heavy atom. The minimum atomic E-state index is -4.26. The summed E-state index contributed by atoms with van der Waals surface area (Å²) in [5.74, 6) is -0.0439. The fraction of sp³-hybridized carbons (Fsp3) is 0.929. The summed E-state index contributed by atoms with van der Waals surface area (Å²) >= 11 is 0. The Labute approximate surface area is 124 Å². The summed E-state index contributed by atoms with van der Waals surface area (Å²) in [6.45, 7) is -0.0458. The number of esters is 1. The molecule has 0 spiro atoms. The van der Waals surface area contributed by atoms with Crippen LogP contribution in [0.4, 0.5) is 0 Å². The van der Waals surface area contributed by atoms with Crippen molar-refractivity contribution in [2.24, 2.45) is 17.3 Å². The van der Waals surface area contributed by atoms with Crippen LogP contribution in [0.15, 0.2) is 0 Å². The topological polar surface area (TPSA) is 104 Å². The van der Waals surface area contributed by atoms with E-state index in [0.29, 0.717) is 18.3 Å². The van der Waals surface area contributed by atoms with E-state index in [1.807, 2.05) is 0 Å². The molecule has 4 bridgehead atoms. The normalized spacial score (nSPS) is 41.2. The van der Waals surface area contributed by atoms with Crippen molar-refractivity contribution in [3.63, 3.8) is 0 Å². The third-order valence-corrected chi connectivity index (χ3v) is 6.02. The van der Waals surface area contributed by atoms with E-state index >= 15 is 0 Å². The Kier molecular flexibility index (Phi) is 3.58. The van der Waals surface area contributed by atoms with Crippen molar-refractivity contribution in [3.8, 4) is 0 Å². The number of aliphatic hydroxyl groups is 1. The molecule has 0 saturated heterocycles. The Balaban J connectivity index is 1.60. The predicted molar refractivity (Wildman–Crippen MR) is 72.2 cm³/mol. The van der Waals surface area contributed by atoms with E-state index in [0.717, 1.165) is 32.1 Å². The first-order valence-electron chi connectivity index (χ1n) is 7.53. The molecular weight excluding hydrogens is 296 g/mol. The number of hydrogen-bond acceptors (Lipinski definition) is 6. The van der Waals surface area contributed by atoms with E-state index in [-0.39, 0.29) is 19.0 Å². The van der Waals surface area contributed by atoms with Gasteiger partial charge < -0.3 is 14.4 Å². The van der Waals surface area contributed by atoms with Gasteiger partial charge in [0, 0.05) is 5.75 Å². The maximum absolute atomic E-state index is 12.4. The van der Waals surface area contributed by atoms with Crippen molar-refractivity contribution in [2.75, 3.05) is 12.4 Å². The smallest absolute Gasteiger partial charge is 0.312 e. The first-order valence-corrected chi connectivity index (χ1v) is 9.11. The van der Waals surface area contributed by atoms with Gasteiger partial charge in [0.2, 0.25) is 0 Å². The van der Waals surface area contributed by atoms with E-state index in [2.05, 4.69) is 0 Å². The van der Waals surface area contributed by atoms with Gasteiger partial charge in [-0.15, -0.1) is 0 Å². The average molecular weight is 317 g/mol. The van der Waals surface area contributed by atoms with Crippen molar-refractivity contribution in [3.05, 3.63) is 0 Å². The highest BCUT2D eigenvalue weighted by molar-refractivity contribution is 7.85. The maximum atomic E-state index is 12.4. The molecule has 120 valence electrons. The number of ether oxygens (including phenoxy) is 1. The van der Waals surface area contributed by atoms with Crippen LogP contribution in [0, 0.1) is 17.3 Å². The third-order valence-electron chi connectivity index (χ3n) is 5.24. The van der Waals surface area contributed by atoms with Gasteiger partial charge in [0.05, 0.1) is 27.7 Å². The minimum absolute atomic E-state index is 0.0325. The van der Waals surface area contributed by atoms with Crippen LogP contribution in [0.2, 0.25) is 0 Å². The van der Waals surface area contributed by atoms with E-state index in [9.17, 15) is 22.9 Å². The summed E-state index contributed by atoms with van der Waals surface area (Å²) in [5, 5.41) is 10.6. The molecule has 0 aromatic rings. The quantitative estimate of drug-likeness (QED) is 0.457. The first kappa shape index (κ1) is 15.2. The molecule has 0 aromatic heterocycles. The summed E-state index contributed by atoms with van der Waals surface area (Å²) in [6, 6.07) is 0. The molecule has 0 amide bonds. The average Bonchev–Trinajstić information content (AvgIpc) is 2.30. The summed E-state index contributed by atoms with van der Waals surface area (Å²) in [4.78, 5) is 12.4. The number of carbonyl (C=O) groups excluding carboxylic acids is 1. The molecule has 0 heterocycles. The molecule has 4 aliphatic carbocycles. The third kappa shape index (κ3) is 3.10. The monoisotopic (exact) mass is 317 g/mol. The molecule has 4 saturated carbocycles. The van der Waals surface area contributed by atoms with Crippen molar-refractivity contribution in [1.82, 2.24) is 0 Å². The first-order chi connectivity index (χ1) is 9.70. The van der Waals surface area contributed by atoms with Crippen molar-refractivity contribution >= 4 is 16.1 Å². The second-order valence-corrected chi connectivity index (χ2v) is 8.74. The Morgan fingerprint density at radius 2 is 1.86 bits per heavy atom.